The lowest BCUT2D eigenvalue weighted by Gasteiger charge is -1.91. The van der Waals surface area contributed by atoms with Crippen molar-refractivity contribution in [2.24, 2.45) is 0 Å². The third kappa shape index (κ3) is 5.47. The van der Waals surface area contributed by atoms with Crippen molar-refractivity contribution in [2.45, 2.75) is 0 Å². The van der Waals surface area contributed by atoms with E-state index in [1.807, 2.05) is 0 Å². The van der Waals surface area contributed by atoms with Crippen LogP contribution in [0.1, 0.15) is 0 Å². The summed E-state index contributed by atoms with van der Waals surface area (Å²) in [4.78, 5) is 9.90. The molecular weight excluding hydrogens is 172 g/mol. The fourth-order valence-corrected chi connectivity index (χ4v) is 1.06. The van der Waals surface area contributed by atoms with E-state index in [1.54, 1.807) is 5.40 Å². The second kappa shape index (κ2) is 5.14. The van der Waals surface area contributed by atoms with E-state index in [2.05, 4.69) is 0 Å². The zero-order valence-electron chi connectivity index (χ0n) is 4.83. The number of carboxylic acids is 1. The van der Waals surface area contributed by atoms with Gasteiger partial charge in [-0.15, -0.1) is 0 Å². The van der Waals surface area contributed by atoms with Crippen molar-refractivity contribution in [1.82, 2.24) is 0 Å². The van der Waals surface area contributed by atoms with E-state index in [0.29, 0.717) is 11.8 Å². The highest BCUT2D eigenvalue weighted by Gasteiger charge is 2.01. The molecule has 0 spiro atoms. The van der Waals surface area contributed by atoms with E-state index in [9.17, 15) is 4.79 Å². The van der Waals surface area contributed by atoms with E-state index in [4.69, 9.17) is 15.8 Å². The average Bonchev–Trinajstić information content (AvgIpc) is 1.85. The number of nitrogens with zero attached hydrogens (tertiary/aromatic N) is 1. The number of rotatable bonds is 2. The Morgan fingerprint density at radius 1 is 1.80 bits per heavy atom. The van der Waals surface area contributed by atoms with Gasteiger partial charge in [0.05, 0.1) is 5.75 Å². The summed E-state index contributed by atoms with van der Waals surface area (Å²) in [6, 6.07) is 0. The Labute approximate surface area is 66.1 Å². The molecule has 0 radical (unpaired) electrons. The molecule has 0 atom stereocenters. The predicted molar refractivity (Wildman–Crippen MR) is 41.0 cm³/mol. The SMILES string of the molecule is N#CSC(=N)SCC(=O)O. The van der Waals surface area contributed by atoms with Crippen LogP contribution in [0.15, 0.2) is 0 Å². The fraction of sp³-hybridized carbons (Fsp3) is 0.250. The van der Waals surface area contributed by atoms with E-state index in [-0.39, 0.29) is 10.1 Å². The predicted octanol–water partition coefficient (Wildman–Crippen LogP) is 0.953. The second-order valence-corrected chi connectivity index (χ2v) is 3.20. The number of thioether (sulfide) groups is 2. The molecule has 10 heavy (non-hydrogen) atoms. The van der Waals surface area contributed by atoms with E-state index in [0.717, 1.165) is 11.8 Å². The summed E-state index contributed by atoms with van der Waals surface area (Å²) < 4.78 is 0.0184. The van der Waals surface area contributed by atoms with Crippen molar-refractivity contribution in [1.29, 1.82) is 10.7 Å². The second-order valence-electron chi connectivity index (χ2n) is 1.16. The van der Waals surface area contributed by atoms with Gasteiger partial charge < -0.3 is 5.11 Å². The standard InChI is InChI=1S/C4H4N2O2S2/c5-2-10-4(6)9-1-3(7)8/h6H,1H2,(H,7,8). The molecule has 0 aliphatic carbocycles. The number of carboxylic acid groups (broad SMARTS) is 1. The van der Waals surface area contributed by atoms with Crippen molar-refractivity contribution in [2.75, 3.05) is 5.75 Å². The molecule has 0 aliphatic rings. The lowest BCUT2D eigenvalue weighted by atomic mass is 10.8. The number of nitriles is 1. The van der Waals surface area contributed by atoms with Crippen molar-refractivity contribution >= 4 is 33.9 Å². The Morgan fingerprint density at radius 2 is 2.40 bits per heavy atom. The molecule has 2 N–H and O–H groups in total. The molecule has 0 saturated carbocycles. The number of hydrogen-bond donors (Lipinski definition) is 2. The van der Waals surface area contributed by atoms with E-state index in [1.165, 1.54) is 0 Å². The lowest BCUT2D eigenvalue weighted by Crippen LogP contribution is -1.99. The van der Waals surface area contributed by atoms with Crippen LogP contribution in [0.25, 0.3) is 0 Å². The Hall–Kier alpha value is -0.670. The maximum atomic E-state index is 9.90. The summed E-state index contributed by atoms with van der Waals surface area (Å²) >= 11 is 1.50. The van der Waals surface area contributed by atoms with Crippen LogP contribution in [0.3, 0.4) is 0 Å². The van der Waals surface area contributed by atoms with Crippen molar-refractivity contribution in [3.05, 3.63) is 0 Å². The van der Waals surface area contributed by atoms with E-state index < -0.39 is 5.97 Å². The van der Waals surface area contributed by atoms with Gasteiger partial charge in [-0.1, -0.05) is 11.8 Å². The molecule has 0 aromatic heterocycles. The maximum Gasteiger partial charge on any atom is 0.313 e. The minimum atomic E-state index is -0.978. The van der Waals surface area contributed by atoms with Gasteiger partial charge in [0.25, 0.3) is 0 Å². The van der Waals surface area contributed by atoms with Gasteiger partial charge in [-0.2, -0.15) is 5.26 Å². The smallest absolute Gasteiger partial charge is 0.313 e. The van der Waals surface area contributed by atoms with Crippen LogP contribution in [0.5, 0.6) is 0 Å². The Balaban J connectivity index is 3.42. The summed E-state index contributed by atoms with van der Waals surface area (Å²) in [7, 11) is 0. The number of aliphatic carboxylic acids is 1. The van der Waals surface area contributed by atoms with Crippen molar-refractivity contribution in [3.8, 4) is 5.40 Å². The summed E-state index contributed by atoms with van der Waals surface area (Å²) in [5.41, 5.74) is 0. The zero-order chi connectivity index (χ0) is 7.98. The molecule has 0 rings (SSSR count). The normalized spacial score (nSPS) is 8.30. The highest BCUT2D eigenvalue weighted by molar-refractivity contribution is 8.40. The molecule has 4 nitrogen and oxygen atoms in total. The van der Waals surface area contributed by atoms with Crippen LogP contribution in [0, 0.1) is 16.1 Å². The third-order valence-electron chi connectivity index (χ3n) is 0.465. The first-order valence-electron chi connectivity index (χ1n) is 2.16. The van der Waals surface area contributed by atoms with Crippen LogP contribution in [-0.2, 0) is 4.79 Å². The van der Waals surface area contributed by atoms with Crippen LogP contribution in [0.4, 0.5) is 0 Å². The molecule has 0 saturated heterocycles. The summed E-state index contributed by atoms with van der Waals surface area (Å²) in [6.45, 7) is 0. The molecule has 0 aliphatic heterocycles. The first-order chi connectivity index (χ1) is 4.66. The monoisotopic (exact) mass is 176 g/mol. The largest absolute Gasteiger partial charge is 0.481 e. The molecule has 0 fully saturated rings. The lowest BCUT2D eigenvalue weighted by molar-refractivity contribution is -0.133. The number of thiocyanates is 1. The zero-order valence-corrected chi connectivity index (χ0v) is 6.46. The Kier molecular flexibility index (Phi) is 4.80. The minimum absolute atomic E-state index is 0.0184. The Bertz CT molecular complexity index is 186. The van der Waals surface area contributed by atoms with Crippen molar-refractivity contribution < 1.29 is 9.90 Å². The molecule has 54 valence electrons. The van der Waals surface area contributed by atoms with Crippen LogP contribution >= 0.6 is 23.5 Å². The van der Waals surface area contributed by atoms with Gasteiger partial charge in [0.2, 0.25) is 0 Å². The molecule has 0 amide bonds. The number of carbonyl (C=O) groups is 1. The minimum Gasteiger partial charge on any atom is -0.481 e. The highest BCUT2D eigenvalue weighted by atomic mass is 32.2. The van der Waals surface area contributed by atoms with Crippen LogP contribution < -0.4 is 0 Å². The fourth-order valence-electron chi connectivity index (χ4n) is 0.198. The third-order valence-corrected chi connectivity index (χ3v) is 2.00. The summed E-state index contributed by atoms with van der Waals surface area (Å²) in [5, 5.41) is 24.7. The molecule has 0 aromatic rings. The topological polar surface area (TPSA) is 84.9 Å². The van der Waals surface area contributed by atoms with Gasteiger partial charge in [0.15, 0.2) is 0 Å². The van der Waals surface area contributed by atoms with Crippen LogP contribution in [0.2, 0.25) is 0 Å². The molecule has 0 aromatic carbocycles. The van der Waals surface area contributed by atoms with Crippen molar-refractivity contribution in [3.63, 3.8) is 0 Å². The van der Waals surface area contributed by atoms with Gasteiger partial charge in [0, 0.05) is 11.8 Å². The molecule has 0 heterocycles. The summed E-state index contributed by atoms with van der Waals surface area (Å²) in [5.74, 6) is -1.14. The van der Waals surface area contributed by atoms with Gasteiger partial charge in [0.1, 0.15) is 9.78 Å². The average molecular weight is 176 g/mol. The van der Waals surface area contributed by atoms with Gasteiger partial charge >= 0.3 is 5.97 Å². The first-order valence-corrected chi connectivity index (χ1v) is 3.96. The van der Waals surface area contributed by atoms with Gasteiger partial charge in [-0.25, -0.2) is 0 Å². The van der Waals surface area contributed by atoms with E-state index >= 15 is 0 Å². The van der Waals surface area contributed by atoms with Gasteiger partial charge in [-0.05, 0) is 0 Å². The first kappa shape index (κ1) is 9.33. The maximum absolute atomic E-state index is 9.90. The molecule has 0 unspecified atom stereocenters. The molecular formula is C4H4N2O2S2. The number of hydrogen-bond acceptors (Lipinski definition) is 5. The Morgan fingerprint density at radius 3 is 2.80 bits per heavy atom. The van der Waals surface area contributed by atoms with Gasteiger partial charge in [-0.3, -0.25) is 10.2 Å². The van der Waals surface area contributed by atoms with Crippen LogP contribution in [-0.4, -0.2) is 21.2 Å². The molecule has 6 heteroatoms. The highest BCUT2D eigenvalue weighted by Crippen LogP contribution is 2.12. The number of nitrogens with one attached hydrogen (secondary N) is 1. The quantitative estimate of drug-likeness (QED) is 0.372. The summed E-state index contributed by atoms with van der Waals surface area (Å²) in [6.07, 6.45) is 0. The molecule has 0 bridgehead atoms.